The Bertz CT molecular complexity index is 565. The number of rotatable bonds is 3. The molecule has 124 valence electrons. The Hall–Kier alpha value is 0.440. The first-order valence-corrected chi connectivity index (χ1v) is 10.3. The predicted molar refractivity (Wildman–Crippen MR) is 102 cm³/mol. The van der Waals surface area contributed by atoms with Crippen LogP contribution in [-0.2, 0) is 4.74 Å². The van der Waals surface area contributed by atoms with Gasteiger partial charge in [-0.05, 0) is 79.5 Å². The lowest BCUT2D eigenvalue weighted by molar-refractivity contribution is -0.0903. The number of amides is 1. The molecule has 0 aliphatic carbocycles. The van der Waals surface area contributed by atoms with Crippen LogP contribution < -0.4 is 0 Å². The fraction of sp³-hybridized carbons (Fsp3) is 0.667. The number of hydrogen-bond acceptors (Lipinski definition) is 4. The van der Waals surface area contributed by atoms with E-state index in [0.29, 0.717) is 4.88 Å². The Morgan fingerprint density at radius 2 is 1.91 bits per heavy atom. The second-order valence-electron chi connectivity index (χ2n) is 6.60. The molecule has 22 heavy (non-hydrogen) atoms. The fourth-order valence-electron chi connectivity index (χ4n) is 2.74. The van der Waals surface area contributed by atoms with E-state index in [4.69, 9.17) is 4.74 Å². The maximum absolute atomic E-state index is 13.1. The van der Waals surface area contributed by atoms with Gasteiger partial charge in [-0.1, -0.05) is 0 Å². The maximum Gasteiger partial charge on any atom is 0.267 e. The second-order valence-corrected chi connectivity index (χ2v) is 12.1. The summed E-state index contributed by atoms with van der Waals surface area (Å²) in [5, 5.41) is 0. The van der Waals surface area contributed by atoms with Crippen molar-refractivity contribution in [2.24, 2.45) is 0 Å². The highest BCUT2D eigenvalue weighted by molar-refractivity contribution is 9.13. The van der Waals surface area contributed by atoms with Gasteiger partial charge in [0.1, 0.15) is 6.23 Å². The lowest BCUT2D eigenvalue weighted by Gasteiger charge is -2.36. The number of hydrogen-bond donors (Lipinski definition) is 0. The van der Waals surface area contributed by atoms with Crippen molar-refractivity contribution in [1.29, 1.82) is 0 Å². The SMILES string of the molecule is CC(C)OC1N(C(=O)c2cc(Br)c(Br)s2)C(C)(C)SC1(C)C. The van der Waals surface area contributed by atoms with E-state index in [0.717, 1.165) is 8.26 Å². The molecule has 1 unspecified atom stereocenters. The summed E-state index contributed by atoms with van der Waals surface area (Å²) >= 11 is 10.1. The zero-order valence-electron chi connectivity index (χ0n) is 13.6. The minimum atomic E-state index is -0.316. The van der Waals surface area contributed by atoms with Crippen molar-refractivity contribution in [3.8, 4) is 0 Å². The highest BCUT2D eigenvalue weighted by Gasteiger charge is 2.55. The molecule has 1 atom stereocenters. The average Bonchev–Trinajstić information content (AvgIpc) is 2.74. The van der Waals surface area contributed by atoms with E-state index in [2.05, 4.69) is 59.6 Å². The largest absolute Gasteiger partial charge is 0.354 e. The van der Waals surface area contributed by atoms with E-state index in [-0.39, 0.29) is 27.9 Å². The van der Waals surface area contributed by atoms with E-state index in [1.54, 1.807) is 11.8 Å². The van der Waals surface area contributed by atoms with Crippen LogP contribution in [0.15, 0.2) is 14.3 Å². The first-order valence-electron chi connectivity index (χ1n) is 7.10. The van der Waals surface area contributed by atoms with Crippen molar-refractivity contribution in [3.63, 3.8) is 0 Å². The van der Waals surface area contributed by atoms with Crippen LogP contribution in [0.3, 0.4) is 0 Å². The molecule has 0 aromatic carbocycles. The third-order valence-corrected chi connectivity index (χ3v) is 8.07. The molecule has 1 aromatic heterocycles. The number of carbonyl (C=O) groups is 1. The highest BCUT2D eigenvalue weighted by atomic mass is 79.9. The van der Waals surface area contributed by atoms with Gasteiger partial charge in [-0.3, -0.25) is 9.69 Å². The summed E-state index contributed by atoms with van der Waals surface area (Å²) < 4.78 is 7.80. The molecule has 1 amide bonds. The summed E-state index contributed by atoms with van der Waals surface area (Å²) in [6.07, 6.45) is -0.185. The third kappa shape index (κ3) is 3.58. The quantitative estimate of drug-likeness (QED) is 0.564. The van der Waals surface area contributed by atoms with Gasteiger partial charge in [0.2, 0.25) is 0 Å². The number of ether oxygens (including phenoxy) is 1. The Labute approximate surface area is 157 Å². The van der Waals surface area contributed by atoms with Crippen molar-refractivity contribution in [1.82, 2.24) is 4.90 Å². The number of nitrogens with zero attached hydrogens (tertiary/aromatic N) is 1. The summed E-state index contributed by atoms with van der Waals surface area (Å²) in [4.78, 5) is 15.4. The van der Waals surface area contributed by atoms with Crippen molar-refractivity contribution < 1.29 is 9.53 Å². The van der Waals surface area contributed by atoms with Gasteiger partial charge in [0.25, 0.3) is 5.91 Å². The van der Waals surface area contributed by atoms with Crippen LogP contribution in [0.5, 0.6) is 0 Å². The lowest BCUT2D eigenvalue weighted by atomic mass is 10.1. The molecule has 2 rings (SSSR count). The van der Waals surface area contributed by atoms with Crippen molar-refractivity contribution in [2.75, 3.05) is 0 Å². The summed E-state index contributed by atoms with van der Waals surface area (Å²) in [5.74, 6) is 0.0186. The average molecular weight is 471 g/mol. The normalized spacial score (nSPS) is 23.3. The molecule has 0 bridgehead atoms. The topological polar surface area (TPSA) is 29.5 Å². The van der Waals surface area contributed by atoms with E-state index in [9.17, 15) is 4.79 Å². The van der Waals surface area contributed by atoms with Gasteiger partial charge >= 0.3 is 0 Å². The third-order valence-electron chi connectivity index (χ3n) is 3.40. The molecule has 1 aliphatic rings. The van der Waals surface area contributed by atoms with Gasteiger partial charge in [0, 0.05) is 4.47 Å². The Kier molecular flexibility index (Phi) is 5.45. The van der Waals surface area contributed by atoms with Gasteiger partial charge in [0.15, 0.2) is 0 Å². The second kappa shape index (κ2) is 6.39. The van der Waals surface area contributed by atoms with Crippen LogP contribution >= 0.6 is 55.0 Å². The summed E-state index contributed by atoms with van der Waals surface area (Å²) in [5.41, 5.74) is 0. The molecule has 0 N–H and O–H groups in total. The van der Waals surface area contributed by atoms with Gasteiger partial charge in [-0.2, -0.15) is 0 Å². The molecule has 0 saturated carbocycles. The maximum atomic E-state index is 13.1. The molecule has 1 fully saturated rings. The first-order chi connectivity index (χ1) is 9.95. The van der Waals surface area contributed by atoms with Crippen LogP contribution in [0.2, 0.25) is 0 Å². The minimum Gasteiger partial charge on any atom is -0.354 e. The molecule has 3 nitrogen and oxygen atoms in total. The molecule has 0 spiro atoms. The van der Waals surface area contributed by atoms with Crippen molar-refractivity contribution in [3.05, 3.63) is 19.2 Å². The standard InChI is InChI=1S/C15H21Br2NO2S2/c1-8(2)20-13-14(3,4)22-15(5,6)18(13)12(19)10-7-9(16)11(17)21-10/h7-8,13H,1-6H3. The summed E-state index contributed by atoms with van der Waals surface area (Å²) in [6.45, 7) is 12.5. The summed E-state index contributed by atoms with van der Waals surface area (Å²) in [7, 11) is 0. The van der Waals surface area contributed by atoms with Gasteiger partial charge < -0.3 is 4.74 Å². The molecule has 0 radical (unpaired) electrons. The van der Waals surface area contributed by atoms with Crippen molar-refractivity contribution >= 4 is 60.9 Å². The Morgan fingerprint density at radius 3 is 2.36 bits per heavy atom. The molecule has 1 saturated heterocycles. The molecular weight excluding hydrogens is 450 g/mol. The van der Waals surface area contributed by atoms with Gasteiger partial charge in [-0.25, -0.2) is 0 Å². The molecule has 1 aliphatic heterocycles. The van der Waals surface area contributed by atoms with Gasteiger partial charge in [-0.15, -0.1) is 23.1 Å². The minimum absolute atomic E-state index is 0.0186. The van der Waals surface area contributed by atoms with Crippen LogP contribution in [-0.4, -0.2) is 32.8 Å². The van der Waals surface area contributed by atoms with E-state index >= 15 is 0 Å². The number of thiophene rings is 1. The first kappa shape index (κ1) is 18.8. The van der Waals surface area contributed by atoms with E-state index in [1.807, 2.05) is 24.8 Å². The number of halogens is 2. The monoisotopic (exact) mass is 469 g/mol. The zero-order chi connectivity index (χ0) is 16.9. The summed E-state index contributed by atoms with van der Waals surface area (Å²) in [6, 6.07) is 1.87. The molecular formula is C15H21Br2NO2S2. The Balaban J connectivity index is 2.41. The highest BCUT2D eigenvalue weighted by Crippen LogP contribution is 2.52. The van der Waals surface area contributed by atoms with E-state index < -0.39 is 0 Å². The van der Waals surface area contributed by atoms with Crippen molar-refractivity contribution in [2.45, 2.75) is 63.5 Å². The zero-order valence-corrected chi connectivity index (χ0v) is 18.4. The Morgan fingerprint density at radius 1 is 1.32 bits per heavy atom. The van der Waals surface area contributed by atoms with Crippen LogP contribution in [0.4, 0.5) is 0 Å². The van der Waals surface area contributed by atoms with Gasteiger partial charge in [0.05, 0.1) is 24.4 Å². The van der Waals surface area contributed by atoms with Crippen LogP contribution in [0.25, 0.3) is 0 Å². The molecule has 7 heteroatoms. The fourth-order valence-corrected chi connectivity index (χ4v) is 6.54. The number of thioether (sulfide) groups is 1. The van der Waals surface area contributed by atoms with Crippen LogP contribution in [0, 0.1) is 0 Å². The molecule has 2 heterocycles. The number of carbonyl (C=O) groups excluding carboxylic acids is 1. The van der Waals surface area contributed by atoms with E-state index in [1.165, 1.54) is 11.3 Å². The predicted octanol–water partition coefficient (Wildman–Crippen LogP) is 5.73. The lowest BCUT2D eigenvalue weighted by Crippen LogP contribution is -2.51. The molecule has 1 aromatic rings. The van der Waals surface area contributed by atoms with Crippen LogP contribution in [0.1, 0.15) is 51.2 Å². The smallest absolute Gasteiger partial charge is 0.267 e.